The fourth-order valence-corrected chi connectivity index (χ4v) is 1.90. The molecule has 0 aromatic heterocycles. The number of hydrogen-bond acceptors (Lipinski definition) is 2. The first-order valence-electron chi connectivity index (χ1n) is 6.70. The van der Waals surface area contributed by atoms with E-state index in [2.05, 4.69) is 12.2 Å². The first-order valence-corrected chi connectivity index (χ1v) is 6.70. The second-order valence-corrected chi connectivity index (χ2v) is 4.59. The number of carbonyl (C=O) groups excluding carboxylic acids is 1. The molecule has 2 N–H and O–H groups in total. The predicted molar refractivity (Wildman–Crippen MR) is 73.3 cm³/mol. The summed E-state index contributed by atoms with van der Waals surface area (Å²) in [6.45, 7) is 2.10. The van der Waals surface area contributed by atoms with E-state index in [-0.39, 0.29) is 18.6 Å². The molecule has 1 aromatic rings. The Bertz CT molecular complexity index is 338. The van der Waals surface area contributed by atoms with Crippen molar-refractivity contribution < 1.29 is 9.90 Å². The highest BCUT2D eigenvalue weighted by molar-refractivity contribution is 5.76. The van der Waals surface area contributed by atoms with Crippen LogP contribution in [-0.2, 0) is 11.2 Å². The lowest BCUT2D eigenvalue weighted by Gasteiger charge is -2.16. The lowest BCUT2D eigenvalue weighted by atomic mass is 10.1. The van der Waals surface area contributed by atoms with E-state index in [1.807, 2.05) is 30.3 Å². The van der Waals surface area contributed by atoms with E-state index in [0.717, 1.165) is 24.8 Å². The highest BCUT2D eigenvalue weighted by atomic mass is 16.3. The Labute approximate surface area is 109 Å². The van der Waals surface area contributed by atoms with Crippen molar-refractivity contribution in [3.63, 3.8) is 0 Å². The van der Waals surface area contributed by atoms with Crippen molar-refractivity contribution in [2.24, 2.45) is 0 Å². The topological polar surface area (TPSA) is 49.3 Å². The van der Waals surface area contributed by atoms with Crippen LogP contribution in [0.25, 0.3) is 0 Å². The van der Waals surface area contributed by atoms with Crippen LogP contribution < -0.4 is 5.32 Å². The normalized spacial score (nSPS) is 12.1. The van der Waals surface area contributed by atoms with Crippen LogP contribution in [0.2, 0.25) is 0 Å². The van der Waals surface area contributed by atoms with E-state index in [0.29, 0.717) is 12.8 Å². The van der Waals surface area contributed by atoms with E-state index < -0.39 is 0 Å². The van der Waals surface area contributed by atoms with Gasteiger partial charge in [0.25, 0.3) is 0 Å². The zero-order valence-corrected chi connectivity index (χ0v) is 11.1. The molecule has 3 nitrogen and oxygen atoms in total. The molecular formula is C15H23NO2. The monoisotopic (exact) mass is 249 g/mol. The van der Waals surface area contributed by atoms with Crippen molar-refractivity contribution >= 4 is 5.91 Å². The quantitative estimate of drug-likeness (QED) is 0.694. The van der Waals surface area contributed by atoms with Gasteiger partial charge in [-0.1, -0.05) is 50.1 Å². The van der Waals surface area contributed by atoms with E-state index >= 15 is 0 Å². The van der Waals surface area contributed by atoms with Gasteiger partial charge in [0, 0.05) is 6.42 Å². The largest absolute Gasteiger partial charge is 0.394 e. The van der Waals surface area contributed by atoms with E-state index in [1.54, 1.807) is 0 Å². The molecule has 0 unspecified atom stereocenters. The number of aliphatic hydroxyl groups is 1. The van der Waals surface area contributed by atoms with Crippen molar-refractivity contribution in [3.8, 4) is 0 Å². The molecule has 0 heterocycles. The van der Waals surface area contributed by atoms with Crippen LogP contribution >= 0.6 is 0 Å². The molecule has 0 spiro atoms. The van der Waals surface area contributed by atoms with Gasteiger partial charge in [0.15, 0.2) is 0 Å². The van der Waals surface area contributed by atoms with Crippen LogP contribution in [0.3, 0.4) is 0 Å². The number of aliphatic hydroxyl groups excluding tert-OH is 1. The minimum atomic E-state index is -0.179. The molecule has 18 heavy (non-hydrogen) atoms. The summed E-state index contributed by atoms with van der Waals surface area (Å²) in [5.74, 6) is 0.0402. The molecule has 100 valence electrons. The molecule has 0 aliphatic carbocycles. The van der Waals surface area contributed by atoms with Gasteiger partial charge in [-0.15, -0.1) is 0 Å². The Kier molecular flexibility index (Phi) is 7.11. The van der Waals surface area contributed by atoms with Gasteiger partial charge in [0.1, 0.15) is 0 Å². The van der Waals surface area contributed by atoms with Crippen molar-refractivity contribution in [1.82, 2.24) is 5.32 Å². The molecule has 0 aliphatic rings. The molecule has 0 radical (unpaired) electrons. The number of nitrogens with one attached hydrogen (secondary N) is 1. The van der Waals surface area contributed by atoms with Crippen LogP contribution in [0.4, 0.5) is 0 Å². The second kappa shape index (κ2) is 8.70. The molecule has 0 saturated heterocycles. The summed E-state index contributed by atoms with van der Waals surface area (Å²) in [5.41, 5.74) is 1.13. The molecule has 1 atom stereocenters. The smallest absolute Gasteiger partial charge is 0.220 e. The van der Waals surface area contributed by atoms with Gasteiger partial charge in [0.05, 0.1) is 12.6 Å². The molecule has 1 amide bonds. The van der Waals surface area contributed by atoms with E-state index in [1.165, 1.54) is 0 Å². The third kappa shape index (κ3) is 5.82. The van der Waals surface area contributed by atoms with E-state index in [9.17, 15) is 9.90 Å². The summed E-state index contributed by atoms with van der Waals surface area (Å²) in [6.07, 6.45) is 4.35. The minimum absolute atomic E-state index is 0.0194. The summed E-state index contributed by atoms with van der Waals surface area (Å²) in [7, 11) is 0. The summed E-state index contributed by atoms with van der Waals surface area (Å²) >= 11 is 0. The first kappa shape index (κ1) is 14.7. The fourth-order valence-electron chi connectivity index (χ4n) is 1.90. The van der Waals surface area contributed by atoms with Gasteiger partial charge in [-0.05, 0) is 18.4 Å². The SMILES string of the molecule is CCCCCC(=O)N[C@H](CO)Cc1ccccc1. The van der Waals surface area contributed by atoms with Gasteiger partial charge in [0.2, 0.25) is 5.91 Å². The van der Waals surface area contributed by atoms with Crippen LogP contribution in [0, 0.1) is 0 Å². The van der Waals surface area contributed by atoms with Crippen molar-refractivity contribution in [2.45, 2.75) is 45.1 Å². The summed E-state index contributed by atoms with van der Waals surface area (Å²) in [4.78, 5) is 11.7. The zero-order valence-electron chi connectivity index (χ0n) is 11.1. The summed E-state index contributed by atoms with van der Waals surface area (Å²) in [5, 5.41) is 12.2. The fraction of sp³-hybridized carbons (Fsp3) is 0.533. The summed E-state index contributed by atoms with van der Waals surface area (Å²) < 4.78 is 0. The van der Waals surface area contributed by atoms with E-state index in [4.69, 9.17) is 0 Å². The number of hydrogen-bond donors (Lipinski definition) is 2. The van der Waals surface area contributed by atoms with Crippen LogP contribution in [0.15, 0.2) is 30.3 Å². The average Bonchev–Trinajstić information content (AvgIpc) is 2.39. The van der Waals surface area contributed by atoms with Crippen molar-refractivity contribution in [3.05, 3.63) is 35.9 Å². The van der Waals surface area contributed by atoms with Gasteiger partial charge < -0.3 is 10.4 Å². The third-order valence-electron chi connectivity index (χ3n) is 2.92. The Morgan fingerprint density at radius 2 is 2.00 bits per heavy atom. The van der Waals surface area contributed by atoms with Crippen LogP contribution in [0.1, 0.15) is 38.2 Å². The maximum Gasteiger partial charge on any atom is 0.220 e. The van der Waals surface area contributed by atoms with Crippen molar-refractivity contribution in [2.75, 3.05) is 6.61 Å². The van der Waals surface area contributed by atoms with Gasteiger partial charge in [-0.25, -0.2) is 0 Å². The maximum absolute atomic E-state index is 11.7. The molecular weight excluding hydrogens is 226 g/mol. The first-order chi connectivity index (χ1) is 8.76. The lowest BCUT2D eigenvalue weighted by Crippen LogP contribution is -2.38. The zero-order chi connectivity index (χ0) is 13.2. The Balaban J connectivity index is 2.35. The molecule has 1 aromatic carbocycles. The molecule has 0 bridgehead atoms. The van der Waals surface area contributed by atoms with Gasteiger partial charge in [-0.2, -0.15) is 0 Å². The number of benzene rings is 1. The molecule has 0 saturated carbocycles. The molecule has 0 fully saturated rings. The molecule has 3 heteroatoms. The maximum atomic E-state index is 11.7. The Morgan fingerprint density at radius 1 is 1.28 bits per heavy atom. The Morgan fingerprint density at radius 3 is 2.61 bits per heavy atom. The lowest BCUT2D eigenvalue weighted by molar-refractivity contribution is -0.122. The number of carbonyl (C=O) groups is 1. The van der Waals surface area contributed by atoms with Crippen LogP contribution in [-0.4, -0.2) is 23.7 Å². The number of rotatable bonds is 8. The second-order valence-electron chi connectivity index (χ2n) is 4.59. The molecule has 1 rings (SSSR count). The highest BCUT2D eigenvalue weighted by Crippen LogP contribution is 2.04. The number of unbranched alkanes of at least 4 members (excludes halogenated alkanes) is 2. The average molecular weight is 249 g/mol. The molecule has 0 aliphatic heterocycles. The summed E-state index contributed by atoms with van der Waals surface area (Å²) in [6, 6.07) is 9.72. The van der Waals surface area contributed by atoms with Crippen LogP contribution in [0.5, 0.6) is 0 Å². The number of amides is 1. The van der Waals surface area contributed by atoms with Gasteiger partial charge >= 0.3 is 0 Å². The predicted octanol–water partition coefficient (Wildman–Crippen LogP) is 2.29. The third-order valence-corrected chi connectivity index (χ3v) is 2.92. The minimum Gasteiger partial charge on any atom is -0.394 e. The standard InChI is InChI=1S/C15H23NO2/c1-2-3-5-10-15(18)16-14(12-17)11-13-8-6-4-7-9-13/h4,6-9,14,17H,2-3,5,10-12H2,1H3,(H,16,18)/t14-/m0/s1. The van der Waals surface area contributed by atoms with Crippen molar-refractivity contribution in [1.29, 1.82) is 0 Å². The van der Waals surface area contributed by atoms with Gasteiger partial charge in [-0.3, -0.25) is 4.79 Å². The highest BCUT2D eigenvalue weighted by Gasteiger charge is 2.11. The Hall–Kier alpha value is -1.35.